The molecule has 1 aromatic carbocycles. The van der Waals surface area contributed by atoms with Crippen LogP contribution in [0.25, 0.3) is 0 Å². The van der Waals surface area contributed by atoms with Gasteiger partial charge >= 0.3 is 0 Å². The minimum Gasteiger partial charge on any atom is -0.258 e. The number of nitriles is 1. The summed E-state index contributed by atoms with van der Waals surface area (Å²) in [6.07, 6.45) is 1.26. The Kier molecular flexibility index (Phi) is 2.69. The molecule has 0 fully saturated rings. The van der Waals surface area contributed by atoms with Gasteiger partial charge in [-0.05, 0) is 6.07 Å². The van der Waals surface area contributed by atoms with Crippen LogP contribution >= 0.6 is 0 Å². The Labute approximate surface area is 78.3 Å². The molecule has 0 atom stereocenters. The van der Waals surface area contributed by atoms with Gasteiger partial charge in [0, 0.05) is 12.1 Å². The van der Waals surface area contributed by atoms with E-state index < -0.39 is 4.92 Å². The predicted octanol–water partition coefficient (Wildman–Crippen LogP) is 1.43. The number of aliphatic imine (C=N–C) groups is 1. The second kappa shape index (κ2) is 3.94. The highest BCUT2D eigenvalue weighted by atomic mass is 16.6. The molecule has 0 spiro atoms. The molecule has 0 unspecified atom stereocenters. The summed E-state index contributed by atoms with van der Waals surface area (Å²) in [6.45, 7) is 0. The van der Waals surface area contributed by atoms with Gasteiger partial charge in [0.2, 0.25) is 6.08 Å². The van der Waals surface area contributed by atoms with Crippen LogP contribution in [0.4, 0.5) is 11.4 Å². The Hall–Kier alpha value is -2.51. The molecule has 0 aromatic heterocycles. The second-order valence-electron chi connectivity index (χ2n) is 2.27. The molecule has 0 saturated heterocycles. The van der Waals surface area contributed by atoms with E-state index >= 15 is 0 Å². The Morgan fingerprint density at radius 1 is 1.50 bits per heavy atom. The molecular weight excluding hydrogens is 186 g/mol. The maximum atomic E-state index is 10.3. The molecular formula is C8H3N3O3. The molecule has 6 heteroatoms. The fourth-order valence-electron chi connectivity index (χ4n) is 0.874. The summed E-state index contributed by atoms with van der Waals surface area (Å²) < 4.78 is 0. The second-order valence-corrected chi connectivity index (χ2v) is 2.27. The van der Waals surface area contributed by atoms with E-state index in [-0.39, 0.29) is 16.9 Å². The number of nitro benzene ring substituents is 1. The van der Waals surface area contributed by atoms with E-state index in [0.29, 0.717) is 0 Å². The van der Waals surface area contributed by atoms with Crippen molar-refractivity contribution < 1.29 is 9.72 Å². The average Bonchev–Trinajstić information content (AvgIpc) is 2.18. The molecule has 0 bridgehead atoms. The summed E-state index contributed by atoms with van der Waals surface area (Å²) in [5.74, 6) is 0. The minimum absolute atomic E-state index is 0.0254. The molecule has 0 N–H and O–H groups in total. The van der Waals surface area contributed by atoms with Gasteiger partial charge in [0.05, 0.1) is 16.2 Å². The fourth-order valence-corrected chi connectivity index (χ4v) is 0.874. The van der Waals surface area contributed by atoms with Gasteiger partial charge in [-0.25, -0.2) is 4.79 Å². The molecule has 0 heterocycles. The maximum absolute atomic E-state index is 10.3. The van der Waals surface area contributed by atoms with Crippen LogP contribution in [0, 0.1) is 21.4 Å². The van der Waals surface area contributed by atoms with Crippen molar-refractivity contribution in [2.24, 2.45) is 4.99 Å². The van der Waals surface area contributed by atoms with Gasteiger partial charge in [-0.15, -0.1) is 0 Å². The summed E-state index contributed by atoms with van der Waals surface area (Å²) >= 11 is 0. The lowest BCUT2D eigenvalue weighted by Crippen LogP contribution is -1.88. The number of nitrogens with zero attached hydrogens (tertiary/aromatic N) is 3. The summed E-state index contributed by atoms with van der Waals surface area (Å²) in [7, 11) is 0. The first-order chi connectivity index (χ1) is 6.69. The van der Waals surface area contributed by atoms with E-state index in [2.05, 4.69) is 4.99 Å². The van der Waals surface area contributed by atoms with Crippen LogP contribution in [0.5, 0.6) is 0 Å². The smallest absolute Gasteiger partial charge is 0.258 e. The molecule has 14 heavy (non-hydrogen) atoms. The number of rotatable bonds is 2. The van der Waals surface area contributed by atoms with Crippen LogP contribution in [-0.4, -0.2) is 11.0 Å². The first-order valence-electron chi connectivity index (χ1n) is 3.45. The normalized spacial score (nSPS) is 8.50. The summed E-state index contributed by atoms with van der Waals surface area (Å²) in [5, 5.41) is 18.9. The number of hydrogen-bond donors (Lipinski definition) is 0. The first kappa shape index (κ1) is 9.58. The standard InChI is InChI=1S/C8H3N3O3/c9-4-6-3-7(11(13)14)1-2-8(6)10-5-12/h1-3H. The first-order valence-corrected chi connectivity index (χ1v) is 3.45. The average molecular weight is 189 g/mol. The van der Waals surface area contributed by atoms with Gasteiger partial charge in [0.25, 0.3) is 5.69 Å². The highest BCUT2D eigenvalue weighted by Gasteiger charge is 2.09. The SMILES string of the molecule is N#Cc1cc([N+](=O)[O-])ccc1N=C=O. The van der Waals surface area contributed by atoms with Gasteiger partial charge in [0.15, 0.2) is 0 Å². The topological polar surface area (TPSA) is 96.4 Å². The number of non-ortho nitro benzene ring substituents is 1. The van der Waals surface area contributed by atoms with Crippen LogP contribution in [0.2, 0.25) is 0 Å². The van der Waals surface area contributed by atoms with Crippen molar-refractivity contribution in [1.82, 2.24) is 0 Å². The van der Waals surface area contributed by atoms with E-state index in [4.69, 9.17) is 5.26 Å². The van der Waals surface area contributed by atoms with Crippen LogP contribution < -0.4 is 0 Å². The zero-order valence-electron chi connectivity index (χ0n) is 6.80. The number of benzene rings is 1. The molecule has 6 nitrogen and oxygen atoms in total. The van der Waals surface area contributed by atoms with E-state index in [1.54, 1.807) is 6.07 Å². The highest BCUT2D eigenvalue weighted by Crippen LogP contribution is 2.23. The van der Waals surface area contributed by atoms with E-state index in [9.17, 15) is 14.9 Å². The van der Waals surface area contributed by atoms with Crippen molar-refractivity contribution in [2.75, 3.05) is 0 Å². The van der Waals surface area contributed by atoms with Crippen LogP contribution in [-0.2, 0) is 4.79 Å². The Balaban J connectivity index is 3.33. The fraction of sp³-hybridized carbons (Fsp3) is 0. The van der Waals surface area contributed by atoms with Crippen molar-refractivity contribution in [3.63, 3.8) is 0 Å². The quantitative estimate of drug-likeness (QED) is 0.304. The molecule has 0 aliphatic rings. The number of hydrogen-bond acceptors (Lipinski definition) is 5. The van der Waals surface area contributed by atoms with Crippen LogP contribution in [0.3, 0.4) is 0 Å². The predicted molar refractivity (Wildman–Crippen MR) is 45.6 cm³/mol. The van der Waals surface area contributed by atoms with Crippen molar-refractivity contribution >= 4 is 17.5 Å². The van der Waals surface area contributed by atoms with Gasteiger partial charge < -0.3 is 0 Å². The third kappa shape index (κ3) is 1.80. The monoisotopic (exact) mass is 189 g/mol. The molecule has 0 radical (unpaired) electrons. The number of isocyanates is 1. The van der Waals surface area contributed by atoms with E-state index in [0.717, 1.165) is 12.1 Å². The largest absolute Gasteiger partial charge is 0.270 e. The lowest BCUT2D eigenvalue weighted by molar-refractivity contribution is -0.384. The van der Waals surface area contributed by atoms with Gasteiger partial charge in [-0.2, -0.15) is 10.3 Å². The maximum Gasteiger partial charge on any atom is 0.270 e. The van der Waals surface area contributed by atoms with E-state index in [1.807, 2.05) is 0 Å². The Morgan fingerprint density at radius 3 is 2.71 bits per heavy atom. The highest BCUT2D eigenvalue weighted by molar-refractivity contribution is 5.61. The van der Waals surface area contributed by atoms with Crippen molar-refractivity contribution in [3.8, 4) is 6.07 Å². The third-order valence-corrected chi connectivity index (χ3v) is 1.48. The number of carbonyl (C=O) groups excluding carboxylic acids is 1. The summed E-state index contributed by atoms with van der Waals surface area (Å²) in [5.41, 5.74) is -0.165. The Morgan fingerprint density at radius 2 is 2.21 bits per heavy atom. The summed E-state index contributed by atoms with van der Waals surface area (Å²) in [6, 6.07) is 5.14. The lowest BCUT2D eigenvalue weighted by atomic mass is 10.2. The molecule has 1 rings (SSSR count). The zero-order valence-corrected chi connectivity index (χ0v) is 6.80. The van der Waals surface area contributed by atoms with Crippen molar-refractivity contribution in [2.45, 2.75) is 0 Å². The van der Waals surface area contributed by atoms with Gasteiger partial charge in [-0.3, -0.25) is 10.1 Å². The number of nitro groups is 1. The van der Waals surface area contributed by atoms with Crippen molar-refractivity contribution in [1.29, 1.82) is 5.26 Å². The zero-order chi connectivity index (χ0) is 10.6. The molecule has 0 saturated carbocycles. The third-order valence-electron chi connectivity index (χ3n) is 1.48. The molecule has 0 amide bonds. The molecule has 1 aromatic rings. The van der Waals surface area contributed by atoms with E-state index in [1.165, 1.54) is 12.1 Å². The van der Waals surface area contributed by atoms with Crippen LogP contribution in [0.15, 0.2) is 23.2 Å². The van der Waals surface area contributed by atoms with Crippen molar-refractivity contribution in [3.05, 3.63) is 33.9 Å². The minimum atomic E-state index is -0.630. The summed E-state index contributed by atoms with van der Waals surface area (Å²) in [4.78, 5) is 22.9. The molecule has 0 aliphatic heterocycles. The lowest BCUT2D eigenvalue weighted by Gasteiger charge is -1.94. The Bertz CT molecular complexity index is 469. The van der Waals surface area contributed by atoms with Gasteiger partial charge in [-0.1, -0.05) is 0 Å². The molecule has 0 aliphatic carbocycles. The van der Waals surface area contributed by atoms with Crippen LogP contribution in [0.1, 0.15) is 5.56 Å². The molecule has 68 valence electrons. The van der Waals surface area contributed by atoms with Gasteiger partial charge in [0.1, 0.15) is 6.07 Å².